The number of benzene rings is 1. The van der Waals surface area contributed by atoms with Gasteiger partial charge < -0.3 is 9.73 Å². The molecule has 0 aliphatic carbocycles. The second-order valence-corrected chi connectivity index (χ2v) is 5.67. The van der Waals surface area contributed by atoms with Gasteiger partial charge in [-0.2, -0.15) is 5.10 Å². The molecule has 0 bridgehead atoms. The number of aromatic nitrogens is 3. The second-order valence-electron chi connectivity index (χ2n) is 5.67. The smallest absolute Gasteiger partial charge is 0.272 e. The number of carbonyl (C=O) groups is 1. The van der Waals surface area contributed by atoms with Gasteiger partial charge in [0, 0.05) is 18.0 Å². The zero-order chi connectivity index (χ0) is 17.8. The Hall–Kier alpha value is -3.67. The van der Waals surface area contributed by atoms with E-state index in [9.17, 15) is 4.79 Å². The molecule has 0 fully saturated rings. The maximum absolute atomic E-state index is 12.5. The second kappa shape index (κ2) is 7.06. The van der Waals surface area contributed by atoms with Crippen molar-refractivity contribution in [2.75, 3.05) is 0 Å². The molecule has 4 aromatic rings. The summed E-state index contributed by atoms with van der Waals surface area (Å²) in [5.74, 6) is 0.426. The number of rotatable bonds is 5. The number of hydrogen-bond acceptors (Lipinski definition) is 4. The Balaban J connectivity index is 1.68. The number of furan rings is 1. The molecular formula is C20H16N4O2. The molecule has 0 saturated heterocycles. The molecule has 0 saturated carbocycles. The van der Waals surface area contributed by atoms with Gasteiger partial charge >= 0.3 is 0 Å². The van der Waals surface area contributed by atoms with Crippen LogP contribution in [0.4, 0.5) is 0 Å². The number of nitrogens with one attached hydrogen (secondary N) is 1. The van der Waals surface area contributed by atoms with Crippen molar-refractivity contribution in [3.05, 3.63) is 90.8 Å². The Morgan fingerprint density at radius 1 is 1.08 bits per heavy atom. The number of amides is 1. The molecular weight excluding hydrogens is 328 g/mol. The highest BCUT2D eigenvalue weighted by Gasteiger charge is 2.17. The molecule has 0 unspecified atom stereocenters. The number of pyridine rings is 1. The lowest BCUT2D eigenvalue weighted by Gasteiger charge is -2.06. The molecule has 0 radical (unpaired) electrons. The molecule has 1 aromatic carbocycles. The normalized spacial score (nSPS) is 10.6. The van der Waals surface area contributed by atoms with E-state index < -0.39 is 0 Å². The first kappa shape index (κ1) is 15.8. The van der Waals surface area contributed by atoms with Crippen LogP contribution >= 0.6 is 0 Å². The van der Waals surface area contributed by atoms with Gasteiger partial charge in [-0.05, 0) is 42.5 Å². The van der Waals surface area contributed by atoms with Gasteiger partial charge in [-0.15, -0.1) is 0 Å². The number of nitrogens with zero attached hydrogens (tertiary/aromatic N) is 3. The molecule has 0 aliphatic heterocycles. The van der Waals surface area contributed by atoms with E-state index in [1.54, 1.807) is 35.5 Å². The van der Waals surface area contributed by atoms with E-state index in [2.05, 4.69) is 15.4 Å². The highest BCUT2D eigenvalue weighted by atomic mass is 16.3. The van der Waals surface area contributed by atoms with E-state index in [1.807, 2.05) is 48.5 Å². The van der Waals surface area contributed by atoms with Crippen molar-refractivity contribution in [2.24, 2.45) is 0 Å². The van der Waals surface area contributed by atoms with Crippen LogP contribution < -0.4 is 5.32 Å². The third-order valence-electron chi connectivity index (χ3n) is 3.90. The summed E-state index contributed by atoms with van der Waals surface area (Å²) >= 11 is 0. The minimum absolute atomic E-state index is 0.263. The summed E-state index contributed by atoms with van der Waals surface area (Å²) in [7, 11) is 0. The van der Waals surface area contributed by atoms with Gasteiger partial charge in [-0.1, -0.05) is 18.2 Å². The van der Waals surface area contributed by atoms with Crippen LogP contribution in [-0.4, -0.2) is 20.7 Å². The maximum atomic E-state index is 12.5. The molecule has 6 heteroatoms. The van der Waals surface area contributed by atoms with Crippen LogP contribution in [0.3, 0.4) is 0 Å². The molecule has 4 rings (SSSR count). The molecule has 6 nitrogen and oxygen atoms in total. The van der Waals surface area contributed by atoms with Crippen LogP contribution in [-0.2, 0) is 6.54 Å². The highest BCUT2D eigenvalue weighted by Crippen LogP contribution is 2.23. The fraction of sp³-hybridized carbons (Fsp3) is 0.0500. The Kier molecular flexibility index (Phi) is 4.30. The number of para-hydroxylation sites is 1. The van der Waals surface area contributed by atoms with Crippen molar-refractivity contribution in [3.8, 4) is 16.9 Å². The maximum Gasteiger partial charge on any atom is 0.272 e. The Bertz CT molecular complexity index is 936. The van der Waals surface area contributed by atoms with E-state index in [-0.39, 0.29) is 5.91 Å². The average molecular weight is 344 g/mol. The first-order chi connectivity index (χ1) is 12.8. The molecule has 128 valence electrons. The van der Waals surface area contributed by atoms with E-state index in [0.29, 0.717) is 18.0 Å². The van der Waals surface area contributed by atoms with Crippen LogP contribution in [0, 0.1) is 0 Å². The summed E-state index contributed by atoms with van der Waals surface area (Å²) in [5, 5.41) is 7.32. The topological polar surface area (TPSA) is 73.0 Å². The van der Waals surface area contributed by atoms with Gasteiger partial charge in [0.05, 0.1) is 24.2 Å². The molecule has 26 heavy (non-hydrogen) atoms. The first-order valence-corrected chi connectivity index (χ1v) is 8.18. The number of carbonyl (C=O) groups excluding carboxylic acids is 1. The molecule has 0 aliphatic rings. The van der Waals surface area contributed by atoms with Crippen molar-refractivity contribution in [1.82, 2.24) is 20.1 Å². The minimum atomic E-state index is -0.263. The zero-order valence-corrected chi connectivity index (χ0v) is 13.9. The van der Waals surface area contributed by atoms with Gasteiger partial charge in [0.1, 0.15) is 5.76 Å². The van der Waals surface area contributed by atoms with Crippen LogP contribution in [0.25, 0.3) is 16.9 Å². The Labute approximate surface area is 150 Å². The average Bonchev–Trinajstić information content (AvgIpc) is 3.37. The van der Waals surface area contributed by atoms with E-state index >= 15 is 0 Å². The summed E-state index contributed by atoms with van der Waals surface area (Å²) in [6.45, 7) is 0.312. The minimum Gasteiger partial charge on any atom is -0.467 e. The molecule has 0 spiro atoms. The lowest BCUT2D eigenvalue weighted by atomic mass is 10.2. The lowest BCUT2D eigenvalue weighted by molar-refractivity contribution is 0.0942. The largest absolute Gasteiger partial charge is 0.467 e. The highest BCUT2D eigenvalue weighted by molar-refractivity contribution is 5.93. The van der Waals surface area contributed by atoms with Crippen molar-refractivity contribution < 1.29 is 9.21 Å². The molecule has 1 amide bonds. The van der Waals surface area contributed by atoms with Crippen molar-refractivity contribution >= 4 is 5.91 Å². The Morgan fingerprint density at radius 2 is 1.96 bits per heavy atom. The van der Waals surface area contributed by atoms with Crippen LogP contribution in [0.5, 0.6) is 0 Å². The third kappa shape index (κ3) is 3.25. The summed E-state index contributed by atoms with van der Waals surface area (Å²) < 4.78 is 6.99. The van der Waals surface area contributed by atoms with E-state index in [4.69, 9.17) is 4.42 Å². The Morgan fingerprint density at radius 3 is 2.69 bits per heavy atom. The summed E-state index contributed by atoms with van der Waals surface area (Å²) in [6.07, 6.45) is 5.04. The predicted molar refractivity (Wildman–Crippen MR) is 96.7 cm³/mol. The van der Waals surface area contributed by atoms with Crippen LogP contribution in [0.15, 0.2) is 83.7 Å². The fourth-order valence-corrected chi connectivity index (χ4v) is 2.65. The zero-order valence-electron chi connectivity index (χ0n) is 13.9. The quantitative estimate of drug-likeness (QED) is 0.602. The van der Waals surface area contributed by atoms with Gasteiger partial charge in [0.2, 0.25) is 0 Å². The fourth-order valence-electron chi connectivity index (χ4n) is 2.65. The van der Waals surface area contributed by atoms with Crippen molar-refractivity contribution in [2.45, 2.75) is 6.54 Å². The standard InChI is InChI=1S/C20H16N4O2/c25-20(22-14-17-9-5-11-26-17)18-12-19(15-6-4-10-21-13-15)24(23-18)16-7-2-1-3-8-16/h1-13H,14H2,(H,22,25). The molecule has 3 aromatic heterocycles. The van der Waals surface area contributed by atoms with Crippen molar-refractivity contribution in [1.29, 1.82) is 0 Å². The van der Waals surface area contributed by atoms with Crippen LogP contribution in [0.2, 0.25) is 0 Å². The molecule has 0 atom stereocenters. The summed E-state index contributed by atoms with van der Waals surface area (Å²) in [4.78, 5) is 16.7. The van der Waals surface area contributed by atoms with Gasteiger partial charge in [0.15, 0.2) is 5.69 Å². The lowest BCUT2D eigenvalue weighted by Crippen LogP contribution is -2.23. The monoisotopic (exact) mass is 344 g/mol. The number of hydrogen-bond donors (Lipinski definition) is 1. The van der Waals surface area contributed by atoms with E-state index in [0.717, 1.165) is 16.9 Å². The molecule has 1 N–H and O–H groups in total. The summed E-state index contributed by atoms with van der Waals surface area (Å²) in [5.41, 5.74) is 2.89. The summed E-state index contributed by atoms with van der Waals surface area (Å²) in [6, 6.07) is 18.8. The SMILES string of the molecule is O=C(NCc1ccco1)c1cc(-c2cccnc2)n(-c2ccccc2)n1. The third-order valence-corrected chi connectivity index (χ3v) is 3.90. The van der Waals surface area contributed by atoms with Gasteiger partial charge in [-0.25, -0.2) is 4.68 Å². The van der Waals surface area contributed by atoms with Crippen molar-refractivity contribution in [3.63, 3.8) is 0 Å². The van der Waals surface area contributed by atoms with Gasteiger partial charge in [0.25, 0.3) is 5.91 Å². The first-order valence-electron chi connectivity index (χ1n) is 8.18. The predicted octanol–water partition coefficient (Wildman–Crippen LogP) is 3.46. The van der Waals surface area contributed by atoms with Gasteiger partial charge in [-0.3, -0.25) is 9.78 Å². The van der Waals surface area contributed by atoms with E-state index in [1.165, 1.54) is 0 Å². The molecule has 3 heterocycles. The van der Waals surface area contributed by atoms with Crippen LogP contribution in [0.1, 0.15) is 16.2 Å².